The maximum Gasteiger partial charge on any atom is 0.241 e. The zero-order valence-corrected chi connectivity index (χ0v) is 13.6. The topological polar surface area (TPSA) is 41.6 Å². The Morgan fingerprint density at radius 3 is 2.95 bits per heavy atom. The zero-order chi connectivity index (χ0) is 14.8. The van der Waals surface area contributed by atoms with Crippen LogP contribution < -0.4 is 5.32 Å². The molecule has 2 heterocycles. The van der Waals surface area contributed by atoms with Gasteiger partial charge in [0.2, 0.25) is 5.91 Å². The number of methoxy groups -OCH3 is 1. The van der Waals surface area contributed by atoms with E-state index in [0.717, 1.165) is 32.1 Å². The molecular weight excluding hydrogens is 284 g/mol. The SMILES string of the molecule is CCCC1NC(c2cccs2)N(C2CCC(OC)C2)C1=O. The van der Waals surface area contributed by atoms with Crippen LogP contribution in [0.5, 0.6) is 0 Å². The first-order chi connectivity index (χ1) is 10.2. The molecule has 1 saturated carbocycles. The van der Waals surface area contributed by atoms with Gasteiger partial charge in [0.1, 0.15) is 6.17 Å². The second kappa shape index (κ2) is 6.46. The van der Waals surface area contributed by atoms with E-state index < -0.39 is 0 Å². The van der Waals surface area contributed by atoms with Crippen LogP contribution in [-0.4, -0.2) is 36.1 Å². The van der Waals surface area contributed by atoms with Crippen LogP contribution in [0.1, 0.15) is 50.1 Å². The van der Waals surface area contributed by atoms with Gasteiger partial charge >= 0.3 is 0 Å². The second-order valence-corrected chi connectivity index (χ2v) is 6.98. The Bertz CT molecular complexity index is 477. The molecule has 0 aromatic carbocycles. The molecule has 1 aliphatic carbocycles. The van der Waals surface area contributed by atoms with Crippen LogP contribution in [-0.2, 0) is 9.53 Å². The maximum absolute atomic E-state index is 12.8. The molecule has 4 atom stereocenters. The van der Waals surface area contributed by atoms with E-state index in [4.69, 9.17) is 4.74 Å². The third-order valence-corrected chi connectivity index (χ3v) is 5.59. The Hall–Kier alpha value is -0.910. The van der Waals surface area contributed by atoms with E-state index in [1.807, 2.05) is 0 Å². The van der Waals surface area contributed by atoms with Crippen LogP contribution in [0.15, 0.2) is 17.5 Å². The summed E-state index contributed by atoms with van der Waals surface area (Å²) in [6, 6.07) is 4.47. The van der Waals surface area contributed by atoms with Crippen molar-refractivity contribution in [2.45, 2.75) is 63.4 Å². The lowest BCUT2D eigenvalue weighted by molar-refractivity contribution is -0.132. The smallest absolute Gasteiger partial charge is 0.241 e. The van der Waals surface area contributed by atoms with Gasteiger partial charge < -0.3 is 9.64 Å². The Morgan fingerprint density at radius 1 is 1.48 bits per heavy atom. The summed E-state index contributed by atoms with van der Waals surface area (Å²) in [6.07, 6.45) is 5.36. The Balaban J connectivity index is 1.81. The highest BCUT2D eigenvalue weighted by molar-refractivity contribution is 7.10. The first kappa shape index (κ1) is 15.0. The highest BCUT2D eigenvalue weighted by atomic mass is 32.1. The number of thiophene rings is 1. The molecule has 1 amide bonds. The molecule has 0 bridgehead atoms. The lowest BCUT2D eigenvalue weighted by Crippen LogP contribution is -2.39. The number of carbonyl (C=O) groups excluding carboxylic acids is 1. The van der Waals surface area contributed by atoms with Gasteiger partial charge in [0.25, 0.3) is 0 Å². The number of amides is 1. The van der Waals surface area contributed by atoms with Crippen molar-refractivity contribution < 1.29 is 9.53 Å². The lowest BCUT2D eigenvalue weighted by atomic mass is 10.1. The van der Waals surface area contributed by atoms with Crippen molar-refractivity contribution in [2.75, 3.05) is 7.11 Å². The van der Waals surface area contributed by atoms with Crippen LogP contribution in [0.2, 0.25) is 0 Å². The molecule has 2 fully saturated rings. The zero-order valence-electron chi connectivity index (χ0n) is 12.7. The summed E-state index contributed by atoms with van der Waals surface area (Å²) in [4.78, 5) is 16.2. The molecule has 3 rings (SSSR count). The van der Waals surface area contributed by atoms with E-state index in [2.05, 4.69) is 34.7 Å². The molecule has 2 aliphatic rings. The summed E-state index contributed by atoms with van der Waals surface area (Å²) in [5, 5.41) is 5.63. The van der Waals surface area contributed by atoms with Gasteiger partial charge in [-0.05, 0) is 37.1 Å². The van der Waals surface area contributed by atoms with Crippen LogP contribution in [0.25, 0.3) is 0 Å². The Kier molecular flexibility index (Phi) is 4.62. The molecule has 0 radical (unpaired) electrons. The predicted molar refractivity (Wildman–Crippen MR) is 84.2 cm³/mol. The summed E-state index contributed by atoms with van der Waals surface area (Å²) < 4.78 is 5.48. The van der Waals surface area contributed by atoms with Crippen LogP contribution in [0, 0.1) is 0 Å². The molecular formula is C16H24N2O2S. The van der Waals surface area contributed by atoms with Crippen molar-refractivity contribution in [3.8, 4) is 0 Å². The van der Waals surface area contributed by atoms with Gasteiger partial charge in [-0.25, -0.2) is 0 Å². The van der Waals surface area contributed by atoms with E-state index in [-0.39, 0.29) is 18.1 Å². The molecule has 5 heteroatoms. The van der Waals surface area contributed by atoms with Crippen LogP contribution in [0.4, 0.5) is 0 Å². The fraction of sp³-hybridized carbons (Fsp3) is 0.688. The van der Waals surface area contributed by atoms with Gasteiger partial charge in [0, 0.05) is 18.0 Å². The van der Waals surface area contributed by atoms with E-state index in [9.17, 15) is 4.79 Å². The van der Waals surface area contributed by atoms with Gasteiger partial charge in [0.05, 0.1) is 12.1 Å². The van der Waals surface area contributed by atoms with Crippen molar-refractivity contribution in [2.24, 2.45) is 0 Å². The fourth-order valence-corrected chi connectivity index (χ4v) is 4.37. The minimum atomic E-state index is -0.0244. The predicted octanol–water partition coefficient (Wildman–Crippen LogP) is 2.91. The first-order valence-electron chi connectivity index (χ1n) is 7.89. The number of carbonyl (C=O) groups is 1. The standard InChI is InChI=1S/C16H24N2O2S/c1-3-5-13-16(19)18(11-7-8-12(10-11)20-2)15(17-13)14-6-4-9-21-14/h4,6,9,11-13,15,17H,3,5,7-8,10H2,1-2H3. The highest BCUT2D eigenvalue weighted by Crippen LogP contribution is 2.37. The van der Waals surface area contributed by atoms with Crippen LogP contribution >= 0.6 is 11.3 Å². The molecule has 1 aromatic rings. The molecule has 4 nitrogen and oxygen atoms in total. The van der Waals surface area contributed by atoms with Gasteiger partial charge in [-0.2, -0.15) is 0 Å². The largest absolute Gasteiger partial charge is 0.381 e. The van der Waals surface area contributed by atoms with Crippen molar-refractivity contribution >= 4 is 17.2 Å². The van der Waals surface area contributed by atoms with Gasteiger partial charge in [-0.15, -0.1) is 11.3 Å². The normalized spacial score (nSPS) is 33.0. The number of nitrogens with one attached hydrogen (secondary N) is 1. The third kappa shape index (κ3) is 2.87. The molecule has 116 valence electrons. The number of rotatable bonds is 5. The number of hydrogen-bond acceptors (Lipinski definition) is 4. The molecule has 0 spiro atoms. The van der Waals surface area contributed by atoms with Gasteiger partial charge in [0.15, 0.2) is 0 Å². The highest BCUT2D eigenvalue weighted by Gasteiger charge is 2.45. The quantitative estimate of drug-likeness (QED) is 0.909. The van der Waals surface area contributed by atoms with E-state index in [1.165, 1.54) is 4.88 Å². The second-order valence-electron chi connectivity index (χ2n) is 6.00. The van der Waals surface area contributed by atoms with Crippen LogP contribution in [0.3, 0.4) is 0 Å². The van der Waals surface area contributed by atoms with E-state index >= 15 is 0 Å². The van der Waals surface area contributed by atoms with E-state index in [1.54, 1.807) is 18.4 Å². The molecule has 21 heavy (non-hydrogen) atoms. The van der Waals surface area contributed by atoms with Crippen molar-refractivity contribution in [1.82, 2.24) is 10.2 Å². The molecule has 1 saturated heterocycles. The fourth-order valence-electron chi connectivity index (χ4n) is 3.59. The summed E-state index contributed by atoms with van der Waals surface area (Å²) in [5.41, 5.74) is 0. The molecule has 4 unspecified atom stereocenters. The van der Waals surface area contributed by atoms with Crippen molar-refractivity contribution in [3.63, 3.8) is 0 Å². The Morgan fingerprint density at radius 2 is 2.33 bits per heavy atom. The van der Waals surface area contributed by atoms with Gasteiger partial charge in [-0.1, -0.05) is 19.4 Å². The maximum atomic E-state index is 12.8. The molecule has 1 aliphatic heterocycles. The molecule has 1 N–H and O–H groups in total. The summed E-state index contributed by atoms with van der Waals surface area (Å²) >= 11 is 1.72. The lowest BCUT2D eigenvalue weighted by Gasteiger charge is -2.29. The summed E-state index contributed by atoms with van der Waals surface area (Å²) in [5.74, 6) is 0.275. The Labute approximate surface area is 130 Å². The average Bonchev–Trinajstić information content (AvgIpc) is 3.19. The number of hydrogen-bond donors (Lipinski definition) is 1. The number of nitrogens with zero attached hydrogens (tertiary/aromatic N) is 1. The first-order valence-corrected chi connectivity index (χ1v) is 8.77. The van der Waals surface area contributed by atoms with Crippen molar-refractivity contribution in [3.05, 3.63) is 22.4 Å². The minimum Gasteiger partial charge on any atom is -0.381 e. The van der Waals surface area contributed by atoms with Gasteiger partial charge in [-0.3, -0.25) is 10.1 Å². The van der Waals surface area contributed by atoms with Crippen molar-refractivity contribution in [1.29, 1.82) is 0 Å². The molecule has 1 aromatic heterocycles. The number of ether oxygens (including phenoxy) is 1. The summed E-state index contributed by atoms with van der Waals surface area (Å²) in [7, 11) is 1.77. The monoisotopic (exact) mass is 308 g/mol. The minimum absolute atomic E-state index is 0.0244. The summed E-state index contributed by atoms with van der Waals surface area (Å²) in [6.45, 7) is 2.13. The van der Waals surface area contributed by atoms with E-state index in [0.29, 0.717) is 12.1 Å². The average molecular weight is 308 g/mol. The third-order valence-electron chi connectivity index (χ3n) is 4.66.